The summed E-state index contributed by atoms with van der Waals surface area (Å²) in [6.07, 6.45) is 1.08. The molecule has 6 heteroatoms. The van der Waals surface area contributed by atoms with E-state index in [1.165, 1.54) is 13.5 Å². The van der Waals surface area contributed by atoms with Gasteiger partial charge in [-0.1, -0.05) is 11.6 Å². The molecule has 2 aromatic heterocycles. The van der Waals surface area contributed by atoms with Crippen molar-refractivity contribution in [1.82, 2.24) is 5.32 Å². The predicted molar refractivity (Wildman–Crippen MR) is 84.0 cm³/mol. The van der Waals surface area contributed by atoms with Crippen LogP contribution in [0.1, 0.15) is 9.75 Å². The van der Waals surface area contributed by atoms with Crippen molar-refractivity contribution in [2.24, 2.45) is 0 Å². The summed E-state index contributed by atoms with van der Waals surface area (Å²) in [6.45, 7) is 1.91. The number of thiophene rings is 2. The van der Waals surface area contributed by atoms with Crippen LogP contribution >= 0.6 is 62.6 Å². The summed E-state index contributed by atoms with van der Waals surface area (Å²) in [5.41, 5.74) is 0. The minimum atomic E-state index is 0. The lowest BCUT2D eigenvalue weighted by molar-refractivity contribution is 0.697. The first-order chi connectivity index (χ1) is 7.74. The van der Waals surface area contributed by atoms with E-state index in [9.17, 15) is 0 Å². The Morgan fingerprint density at radius 1 is 1.12 bits per heavy atom. The summed E-state index contributed by atoms with van der Waals surface area (Å²) < 4.78 is 2.06. The molecule has 2 aromatic rings. The van der Waals surface area contributed by atoms with Crippen molar-refractivity contribution in [2.45, 2.75) is 13.0 Å². The van der Waals surface area contributed by atoms with Crippen LogP contribution in [0.4, 0.5) is 0 Å². The quantitative estimate of drug-likeness (QED) is 0.729. The molecule has 0 unspecified atom stereocenters. The van der Waals surface area contributed by atoms with Crippen LogP contribution in [0.15, 0.2) is 28.1 Å². The molecule has 0 amide bonds. The third-order valence-electron chi connectivity index (χ3n) is 2.11. The zero-order chi connectivity index (χ0) is 11.4. The minimum absolute atomic E-state index is 0. The van der Waals surface area contributed by atoms with Crippen molar-refractivity contribution in [2.75, 3.05) is 6.54 Å². The highest BCUT2D eigenvalue weighted by molar-refractivity contribution is 9.11. The molecule has 94 valence electrons. The molecular weight excluding hydrogens is 361 g/mol. The molecule has 0 aromatic carbocycles. The van der Waals surface area contributed by atoms with Crippen molar-refractivity contribution in [3.05, 3.63) is 42.1 Å². The Hall–Kier alpha value is 0.420. The number of rotatable bonds is 5. The van der Waals surface area contributed by atoms with Crippen LogP contribution in [0.2, 0.25) is 4.34 Å². The summed E-state index contributed by atoms with van der Waals surface area (Å²) in [4.78, 5) is 2.70. The number of hydrogen-bond acceptors (Lipinski definition) is 3. The number of halogens is 3. The van der Waals surface area contributed by atoms with Crippen LogP contribution in [-0.4, -0.2) is 6.54 Å². The zero-order valence-electron chi connectivity index (χ0n) is 8.91. The lowest BCUT2D eigenvalue weighted by atomic mass is 10.3. The molecule has 2 rings (SSSR count). The Kier molecular flexibility index (Phi) is 7.07. The maximum absolute atomic E-state index is 5.86. The van der Waals surface area contributed by atoms with E-state index < -0.39 is 0 Å². The molecule has 0 aliphatic heterocycles. The highest BCUT2D eigenvalue weighted by Crippen LogP contribution is 2.22. The average molecular weight is 373 g/mol. The Morgan fingerprint density at radius 3 is 2.47 bits per heavy atom. The molecule has 0 radical (unpaired) electrons. The summed E-state index contributed by atoms with van der Waals surface area (Å²) in [5.74, 6) is 0. The fourth-order valence-corrected chi connectivity index (χ4v) is 3.90. The van der Waals surface area contributed by atoms with Crippen molar-refractivity contribution in [1.29, 1.82) is 0 Å². The first-order valence-electron chi connectivity index (χ1n) is 4.93. The lowest BCUT2D eigenvalue weighted by Gasteiger charge is -2.00. The fraction of sp³-hybridized carbons (Fsp3) is 0.273. The SMILES string of the molecule is Cl.Clc1ccc(CNCCc2ccc(Br)s2)s1. The molecule has 0 saturated carbocycles. The summed E-state index contributed by atoms with van der Waals surface area (Å²) in [7, 11) is 0. The van der Waals surface area contributed by atoms with Gasteiger partial charge in [0, 0.05) is 22.8 Å². The van der Waals surface area contributed by atoms with Gasteiger partial charge in [0.15, 0.2) is 0 Å². The van der Waals surface area contributed by atoms with Crippen molar-refractivity contribution >= 4 is 62.6 Å². The molecule has 0 saturated heterocycles. The highest BCUT2D eigenvalue weighted by atomic mass is 79.9. The Balaban J connectivity index is 0.00000144. The number of nitrogens with one attached hydrogen (secondary N) is 1. The van der Waals surface area contributed by atoms with E-state index in [0.717, 1.165) is 23.8 Å². The molecule has 0 atom stereocenters. The zero-order valence-corrected chi connectivity index (χ0v) is 13.7. The Labute approximate surface area is 129 Å². The van der Waals surface area contributed by atoms with Gasteiger partial charge in [-0.15, -0.1) is 35.1 Å². The van der Waals surface area contributed by atoms with Gasteiger partial charge in [-0.2, -0.15) is 0 Å². The van der Waals surface area contributed by atoms with Crippen LogP contribution in [0.3, 0.4) is 0 Å². The minimum Gasteiger partial charge on any atom is -0.311 e. The van der Waals surface area contributed by atoms with E-state index in [1.54, 1.807) is 22.7 Å². The predicted octanol–water partition coefficient (Wildman–Crippen LogP) is 4.98. The summed E-state index contributed by atoms with van der Waals surface area (Å²) >= 11 is 12.8. The van der Waals surface area contributed by atoms with Gasteiger partial charge in [0.05, 0.1) is 8.12 Å². The van der Waals surface area contributed by atoms with Crippen LogP contribution in [0.5, 0.6) is 0 Å². The fourth-order valence-electron chi connectivity index (χ4n) is 1.36. The summed E-state index contributed by atoms with van der Waals surface area (Å²) in [6, 6.07) is 8.28. The van der Waals surface area contributed by atoms with E-state index in [-0.39, 0.29) is 12.4 Å². The van der Waals surface area contributed by atoms with Gasteiger partial charge < -0.3 is 5.32 Å². The summed E-state index contributed by atoms with van der Waals surface area (Å²) in [5, 5.41) is 3.42. The first kappa shape index (κ1) is 15.5. The molecule has 0 fully saturated rings. The van der Waals surface area contributed by atoms with E-state index >= 15 is 0 Å². The average Bonchev–Trinajstić information content (AvgIpc) is 2.83. The van der Waals surface area contributed by atoms with E-state index in [2.05, 4.69) is 39.4 Å². The van der Waals surface area contributed by atoms with Gasteiger partial charge in [-0.05, 0) is 46.6 Å². The van der Waals surface area contributed by atoms with Gasteiger partial charge in [0.2, 0.25) is 0 Å². The molecule has 2 heterocycles. The second kappa shape index (κ2) is 7.77. The van der Waals surface area contributed by atoms with Crippen LogP contribution in [-0.2, 0) is 13.0 Å². The lowest BCUT2D eigenvalue weighted by Crippen LogP contribution is -2.15. The third kappa shape index (κ3) is 5.28. The highest BCUT2D eigenvalue weighted by Gasteiger charge is 1.99. The van der Waals surface area contributed by atoms with Gasteiger partial charge in [0.1, 0.15) is 0 Å². The first-order valence-corrected chi connectivity index (χ1v) is 7.73. The molecule has 1 N–H and O–H groups in total. The number of hydrogen-bond donors (Lipinski definition) is 1. The van der Waals surface area contributed by atoms with Gasteiger partial charge in [-0.3, -0.25) is 0 Å². The van der Waals surface area contributed by atoms with Crippen molar-refractivity contribution in [3.8, 4) is 0 Å². The second-order valence-electron chi connectivity index (χ2n) is 3.34. The Morgan fingerprint density at radius 2 is 1.88 bits per heavy atom. The smallest absolute Gasteiger partial charge is 0.0931 e. The maximum Gasteiger partial charge on any atom is 0.0931 e. The van der Waals surface area contributed by atoms with Crippen LogP contribution < -0.4 is 5.32 Å². The van der Waals surface area contributed by atoms with Crippen LogP contribution in [0.25, 0.3) is 0 Å². The van der Waals surface area contributed by atoms with E-state index in [4.69, 9.17) is 11.6 Å². The monoisotopic (exact) mass is 371 g/mol. The topological polar surface area (TPSA) is 12.0 Å². The second-order valence-corrected chi connectivity index (χ2v) is 7.69. The van der Waals surface area contributed by atoms with Crippen molar-refractivity contribution in [3.63, 3.8) is 0 Å². The molecule has 0 aliphatic carbocycles. The largest absolute Gasteiger partial charge is 0.311 e. The van der Waals surface area contributed by atoms with Crippen molar-refractivity contribution < 1.29 is 0 Å². The van der Waals surface area contributed by atoms with E-state index in [0.29, 0.717) is 0 Å². The normalized spacial score (nSPS) is 10.2. The standard InChI is InChI=1S/C11H11BrClNS2.ClH/c12-10-3-1-8(15-10)5-6-14-7-9-2-4-11(13)16-9;/h1-4,14H,5-7H2;1H. The molecule has 1 nitrogen and oxygen atoms in total. The van der Waals surface area contributed by atoms with Gasteiger partial charge in [0.25, 0.3) is 0 Å². The molecule has 0 bridgehead atoms. The van der Waals surface area contributed by atoms with Gasteiger partial charge in [-0.25, -0.2) is 0 Å². The van der Waals surface area contributed by atoms with Gasteiger partial charge >= 0.3 is 0 Å². The van der Waals surface area contributed by atoms with E-state index in [1.807, 2.05) is 6.07 Å². The maximum atomic E-state index is 5.86. The molecule has 17 heavy (non-hydrogen) atoms. The molecule has 0 spiro atoms. The molecule has 0 aliphatic rings. The Bertz CT molecular complexity index is 414. The third-order valence-corrected chi connectivity index (χ3v) is 5.02. The van der Waals surface area contributed by atoms with Crippen LogP contribution in [0, 0.1) is 0 Å². The molecular formula is C11H12BrCl2NS2.